The number of amides is 1. The molecule has 0 atom stereocenters. The summed E-state index contributed by atoms with van der Waals surface area (Å²) in [6.07, 6.45) is 1.11. The zero-order valence-electron chi connectivity index (χ0n) is 14.8. The van der Waals surface area contributed by atoms with Crippen molar-refractivity contribution in [1.82, 2.24) is 0 Å². The van der Waals surface area contributed by atoms with Gasteiger partial charge in [0.25, 0.3) is 0 Å². The molecule has 0 aliphatic heterocycles. The third-order valence-electron chi connectivity index (χ3n) is 4.83. The van der Waals surface area contributed by atoms with Crippen LogP contribution in [0.1, 0.15) is 44.1 Å². The van der Waals surface area contributed by atoms with Crippen LogP contribution in [0.4, 0.5) is 18.9 Å². The van der Waals surface area contributed by atoms with Crippen LogP contribution in [0.25, 0.3) is 0 Å². The molecule has 0 bridgehead atoms. The molecule has 0 spiro atoms. The second-order valence-electron chi connectivity index (χ2n) is 6.82. The molecule has 0 saturated heterocycles. The first-order valence-corrected chi connectivity index (χ1v) is 8.54. The zero-order chi connectivity index (χ0) is 18.5. The van der Waals surface area contributed by atoms with Crippen molar-refractivity contribution < 1.29 is 22.7 Å². The van der Waals surface area contributed by atoms with Gasteiger partial charge < -0.3 is 15.8 Å². The molecule has 3 N–H and O–H groups in total. The second kappa shape index (κ2) is 9.46. The molecule has 0 unspecified atom stereocenters. The molecule has 8 heteroatoms. The minimum Gasteiger partial charge on any atom is -0.484 e. The van der Waals surface area contributed by atoms with Crippen LogP contribution >= 0.6 is 12.4 Å². The maximum atomic E-state index is 12.4. The zero-order valence-corrected chi connectivity index (χ0v) is 15.6. The highest BCUT2D eigenvalue weighted by Gasteiger charge is 2.33. The molecule has 0 aromatic heterocycles. The van der Waals surface area contributed by atoms with Gasteiger partial charge in [-0.1, -0.05) is 25.3 Å². The van der Waals surface area contributed by atoms with Crippen molar-refractivity contribution in [1.29, 1.82) is 0 Å². The van der Waals surface area contributed by atoms with Gasteiger partial charge in [0.15, 0.2) is 6.61 Å². The van der Waals surface area contributed by atoms with Gasteiger partial charge in [-0.15, -0.1) is 12.4 Å². The van der Waals surface area contributed by atoms with Crippen molar-refractivity contribution in [2.45, 2.75) is 51.6 Å². The third kappa shape index (κ3) is 6.36. The molecule has 1 aliphatic carbocycles. The highest BCUT2D eigenvalue weighted by molar-refractivity contribution is 5.92. The molecule has 1 fully saturated rings. The largest absolute Gasteiger partial charge is 0.484 e. The maximum Gasteiger partial charge on any atom is 0.422 e. The summed E-state index contributed by atoms with van der Waals surface area (Å²) in [5.74, 6) is -0.0512. The number of carbonyl (C=O) groups is 1. The number of nitrogens with two attached hydrogens (primary N) is 1. The molecule has 26 heavy (non-hydrogen) atoms. The topological polar surface area (TPSA) is 64.4 Å². The lowest BCUT2D eigenvalue weighted by molar-refractivity contribution is -0.153. The summed E-state index contributed by atoms with van der Waals surface area (Å²) in [7, 11) is 0. The van der Waals surface area contributed by atoms with E-state index in [0.717, 1.165) is 25.7 Å². The van der Waals surface area contributed by atoms with Crippen molar-refractivity contribution in [3.05, 3.63) is 23.8 Å². The van der Waals surface area contributed by atoms with E-state index in [9.17, 15) is 18.0 Å². The number of hydrogen-bond donors (Lipinski definition) is 2. The van der Waals surface area contributed by atoms with E-state index >= 15 is 0 Å². The van der Waals surface area contributed by atoms with Crippen molar-refractivity contribution in [3.63, 3.8) is 0 Å². The van der Waals surface area contributed by atoms with Crippen LogP contribution in [0.15, 0.2) is 18.2 Å². The summed E-state index contributed by atoms with van der Waals surface area (Å²) in [6, 6.07) is 4.68. The van der Waals surface area contributed by atoms with E-state index < -0.39 is 12.8 Å². The number of ether oxygens (including phenoxy) is 1. The molecule has 148 valence electrons. The van der Waals surface area contributed by atoms with Crippen molar-refractivity contribution in [2.75, 3.05) is 18.5 Å². The third-order valence-corrected chi connectivity index (χ3v) is 4.83. The number of halogens is 4. The monoisotopic (exact) mass is 394 g/mol. The Hall–Kier alpha value is -1.47. The first-order valence-electron chi connectivity index (χ1n) is 8.54. The number of anilines is 1. The maximum absolute atomic E-state index is 12.4. The Balaban J connectivity index is 0.00000338. The van der Waals surface area contributed by atoms with Gasteiger partial charge in [0, 0.05) is 17.7 Å². The number of carbonyl (C=O) groups excluding carboxylic acids is 1. The van der Waals surface area contributed by atoms with E-state index in [2.05, 4.69) is 5.32 Å². The quantitative estimate of drug-likeness (QED) is 0.741. The van der Waals surface area contributed by atoms with Gasteiger partial charge >= 0.3 is 6.18 Å². The van der Waals surface area contributed by atoms with Crippen LogP contribution in [0.5, 0.6) is 5.75 Å². The summed E-state index contributed by atoms with van der Waals surface area (Å²) in [4.78, 5) is 12.4. The molecule has 0 radical (unpaired) electrons. The first-order chi connectivity index (χ1) is 11.7. The van der Waals surface area contributed by atoms with Crippen molar-refractivity contribution in [3.8, 4) is 5.75 Å². The van der Waals surface area contributed by atoms with Crippen LogP contribution in [-0.2, 0) is 4.79 Å². The molecular formula is C18H26ClF3N2O2. The van der Waals surface area contributed by atoms with Gasteiger partial charge in [0.05, 0.1) is 0 Å². The van der Waals surface area contributed by atoms with E-state index in [1.54, 1.807) is 19.1 Å². The second-order valence-corrected chi connectivity index (χ2v) is 6.82. The minimum atomic E-state index is -4.40. The highest BCUT2D eigenvalue weighted by atomic mass is 35.5. The molecule has 1 saturated carbocycles. The normalized spacial score (nSPS) is 16.5. The number of benzene rings is 1. The van der Waals surface area contributed by atoms with Crippen LogP contribution in [0.2, 0.25) is 0 Å². The van der Waals surface area contributed by atoms with Crippen molar-refractivity contribution >= 4 is 24.0 Å². The smallest absolute Gasteiger partial charge is 0.422 e. The summed E-state index contributed by atoms with van der Waals surface area (Å²) < 4.78 is 41.8. The fraction of sp³-hybridized carbons (Fsp3) is 0.611. The fourth-order valence-electron chi connectivity index (χ4n) is 3.36. The van der Waals surface area contributed by atoms with E-state index in [1.807, 2.05) is 0 Å². The number of nitrogens with one attached hydrogen (secondary N) is 1. The molecular weight excluding hydrogens is 369 g/mol. The van der Waals surface area contributed by atoms with E-state index in [4.69, 9.17) is 10.5 Å². The van der Waals surface area contributed by atoms with Gasteiger partial charge in [-0.25, -0.2) is 0 Å². The Morgan fingerprint density at radius 1 is 1.27 bits per heavy atom. The van der Waals surface area contributed by atoms with Gasteiger partial charge in [0.2, 0.25) is 5.91 Å². The lowest BCUT2D eigenvalue weighted by Crippen LogP contribution is -2.36. The first kappa shape index (κ1) is 22.6. The molecule has 1 amide bonds. The van der Waals surface area contributed by atoms with E-state index in [1.165, 1.54) is 12.5 Å². The predicted octanol–water partition coefficient (Wildman–Crippen LogP) is 4.60. The Labute approximate surface area is 158 Å². The minimum absolute atomic E-state index is 0. The van der Waals surface area contributed by atoms with Gasteiger partial charge in [-0.2, -0.15) is 13.2 Å². The number of rotatable bonds is 6. The summed E-state index contributed by atoms with van der Waals surface area (Å²) in [5, 5.41) is 2.80. The molecule has 1 aliphatic rings. The average molecular weight is 395 g/mol. The molecule has 1 aromatic carbocycles. The summed E-state index contributed by atoms with van der Waals surface area (Å²) in [6.45, 7) is 0.732. The number of alkyl halides is 3. The summed E-state index contributed by atoms with van der Waals surface area (Å²) >= 11 is 0. The van der Waals surface area contributed by atoms with Crippen LogP contribution in [-0.4, -0.2) is 25.2 Å². The molecule has 0 heterocycles. The SMILES string of the molecule is Cc1c(NC(=O)CC2(CN)CCCCC2)cccc1OCC(F)(F)F.Cl. The Bertz CT molecular complexity index is 603. The Morgan fingerprint density at radius 3 is 2.50 bits per heavy atom. The molecule has 1 aromatic rings. The fourth-order valence-corrected chi connectivity index (χ4v) is 3.36. The highest BCUT2D eigenvalue weighted by Crippen LogP contribution is 2.38. The lowest BCUT2D eigenvalue weighted by Gasteiger charge is -2.35. The van der Waals surface area contributed by atoms with E-state index in [-0.39, 0.29) is 29.5 Å². The summed E-state index contributed by atoms with van der Waals surface area (Å²) in [5.41, 5.74) is 6.68. The van der Waals surface area contributed by atoms with Gasteiger partial charge in [-0.3, -0.25) is 4.79 Å². The van der Waals surface area contributed by atoms with E-state index in [0.29, 0.717) is 24.2 Å². The number of hydrogen-bond acceptors (Lipinski definition) is 3. The van der Waals surface area contributed by atoms with Crippen LogP contribution in [0, 0.1) is 12.3 Å². The average Bonchev–Trinajstić information content (AvgIpc) is 2.55. The lowest BCUT2D eigenvalue weighted by atomic mass is 9.71. The van der Waals surface area contributed by atoms with Crippen LogP contribution in [0.3, 0.4) is 0 Å². The van der Waals surface area contributed by atoms with Gasteiger partial charge in [0.1, 0.15) is 5.75 Å². The van der Waals surface area contributed by atoms with Gasteiger partial charge in [-0.05, 0) is 43.9 Å². The van der Waals surface area contributed by atoms with Crippen molar-refractivity contribution in [2.24, 2.45) is 11.1 Å². The Kier molecular flexibility index (Phi) is 8.21. The molecule has 4 nitrogen and oxygen atoms in total. The van der Waals surface area contributed by atoms with Crippen LogP contribution < -0.4 is 15.8 Å². The molecule has 2 rings (SSSR count). The standard InChI is InChI=1S/C18H25F3N2O2.ClH/c1-13-14(6-5-7-15(13)25-12-18(19,20)21)23-16(24)10-17(11-22)8-3-2-4-9-17;/h5-7H,2-4,8-12,22H2,1H3,(H,23,24);1H. The predicted molar refractivity (Wildman–Crippen MR) is 97.8 cm³/mol. The Morgan fingerprint density at radius 2 is 1.92 bits per heavy atom.